The van der Waals surface area contributed by atoms with Crippen molar-refractivity contribution in [1.29, 1.82) is 0 Å². The molecule has 2 nitrogen and oxygen atoms in total. The SMILES string of the molecule is Cc1ccc(N(C)CCOCc2ccccc2)cc1. The van der Waals surface area contributed by atoms with Gasteiger partial charge in [-0.2, -0.15) is 0 Å². The van der Waals surface area contributed by atoms with Gasteiger partial charge in [-0.3, -0.25) is 0 Å². The normalized spacial score (nSPS) is 10.4. The molecule has 0 saturated carbocycles. The van der Waals surface area contributed by atoms with Crippen LogP contribution in [0, 0.1) is 6.92 Å². The molecule has 0 bridgehead atoms. The zero-order chi connectivity index (χ0) is 13.5. The molecule has 0 saturated heterocycles. The third-order valence-electron chi connectivity index (χ3n) is 3.16. The van der Waals surface area contributed by atoms with Gasteiger partial charge in [0, 0.05) is 19.3 Å². The molecule has 0 heterocycles. The summed E-state index contributed by atoms with van der Waals surface area (Å²) in [6.07, 6.45) is 0. The number of hydrogen-bond donors (Lipinski definition) is 0. The summed E-state index contributed by atoms with van der Waals surface area (Å²) in [5.74, 6) is 0. The van der Waals surface area contributed by atoms with Crippen molar-refractivity contribution in [3.63, 3.8) is 0 Å². The number of likely N-dealkylation sites (N-methyl/N-ethyl adjacent to an activating group) is 1. The van der Waals surface area contributed by atoms with Crippen molar-refractivity contribution < 1.29 is 4.74 Å². The first kappa shape index (κ1) is 13.6. The van der Waals surface area contributed by atoms with Gasteiger partial charge in [0.2, 0.25) is 0 Å². The summed E-state index contributed by atoms with van der Waals surface area (Å²) < 4.78 is 5.69. The van der Waals surface area contributed by atoms with Gasteiger partial charge in [-0.05, 0) is 24.6 Å². The van der Waals surface area contributed by atoms with Crippen molar-refractivity contribution in [2.75, 3.05) is 25.1 Å². The molecule has 0 spiro atoms. The number of anilines is 1. The molecule has 19 heavy (non-hydrogen) atoms. The summed E-state index contributed by atoms with van der Waals surface area (Å²) >= 11 is 0. The lowest BCUT2D eigenvalue weighted by molar-refractivity contribution is 0.127. The Morgan fingerprint density at radius 3 is 2.32 bits per heavy atom. The zero-order valence-electron chi connectivity index (χ0n) is 11.7. The summed E-state index contributed by atoms with van der Waals surface area (Å²) in [6.45, 7) is 4.42. The summed E-state index contributed by atoms with van der Waals surface area (Å²) in [7, 11) is 2.09. The average Bonchev–Trinajstić information content (AvgIpc) is 2.45. The number of benzene rings is 2. The first-order chi connectivity index (χ1) is 9.25. The minimum absolute atomic E-state index is 0.683. The Balaban J connectivity index is 1.72. The summed E-state index contributed by atoms with van der Waals surface area (Å²) in [6, 6.07) is 18.8. The molecule has 100 valence electrons. The highest BCUT2D eigenvalue weighted by atomic mass is 16.5. The van der Waals surface area contributed by atoms with Gasteiger partial charge in [0.05, 0.1) is 13.2 Å². The van der Waals surface area contributed by atoms with Crippen LogP contribution in [0.15, 0.2) is 54.6 Å². The molecule has 0 aromatic heterocycles. The second-order valence-electron chi connectivity index (χ2n) is 4.80. The Morgan fingerprint density at radius 2 is 1.63 bits per heavy atom. The Labute approximate surface area is 115 Å². The van der Waals surface area contributed by atoms with Gasteiger partial charge in [-0.15, -0.1) is 0 Å². The third-order valence-corrected chi connectivity index (χ3v) is 3.16. The molecule has 0 atom stereocenters. The van der Waals surface area contributed by atoms with E-state index >= 15 is 0 Å². The fourth-order valence-corrected chi connectivity index (χ4v) is 1.89. The fourth-order valence-electron chi connectivity index (χ4n) is 1.89. The number of ether oxygens (including phenoxy) is 1. The summed E-state index contributed by atoms with van der Waals surface area (Å²) in [4.78, 5) is 2.21. The van der Waals surface area contributed by atoms with Crippen molar-refractivity contribution in [3.8, 4) is 0 Å². The molecule has 0 radical (unpaired) electrons. The molecule has 0 aliphatic carbocycles. The van der Waals surface area contributed by atoms with E-state index in [2.05, 4.69) is 55.3 Å². The van der Waals surface area contributed by atoms with Crippen LogP contribution in [0.4, 0.5) is 5.69 Å². The van der Waals surface area contributed by atoms with Gasteiger partial charge in [0.25, 0.3) is 0 Å². The lowest BCUT2D eigenvalue weighted by Gasteiger charge is -2.19. The number of aryl methyl sites for hydroxylation is 1. The second-order valence-corrected chi connectivity index (χ2v) is 4.80. The maximum atomic E-state index is 5.69. The van der Waals surface area contributed by atoms with Crippen LogP contribution in [-0.2, 0) is 11.3 Å². The van der Waals surface area contributed by atoms with Crippen molar-refractivity contribution in [1.82, 2.24) is 0 Å². The van der Waals surface area contributed by atoms with E-state index in [9.17, 15) is 0 Å². The van der Waals surface area contributed by atoms with Crippen LogP contribution >= 0.6 is 0 Å². The van der Waals surface area contributed by atoms with Crippen LogP contribution in [0.1, 0.15) is 11.1 Å². The zero-order valence-corrected chi connectivity index (χ0v) is 11.7. The highest BCUT2D eigenvalue weighted by Gasteiger charge is 2.00. The second kappa shape index (κ2) is 6.95. The van der Waals surface area contributed by atoms with Gasteiger partial charge in [0.1, 0.15) is 0 Å². The molecule has 2 aromatic carbocycles. The highest BCUT2D eigenvalue weighted by molar-refractivity contribution is 5.46. The summed E-state index contributed by atoms with van der Waals surface area (Å²) in [5, 5.41) is 0. The van der Waals surface area contributed by atoms with E-state index in [1.54, 1.807) is 0 Å². The lowest BCUT2D eigenvalue weighted by Crippen LogP contribution is -2.22. The van der Waals surface area contributed by atoms with Crippen molar-refractivity contribution in [3.05, 3.63) is 65.7 Å². The molecule has 0 N–H and O–H groups in total. The Morgan fingerprint density at radius 1 is 0.947 bits per heavy atom. The maximum Gasteiger partial charge on any atom is 0.0717 e. The Bertz CT molecular complexity index is 478. The smallest absolute Gasteiger partial charge is 0.0717 e. The minimum Gasteiger partial charge on any atom is -0.375 e. The Hall–Kier alpha value is -1.80. The van der Waals surface area contributed by atoms with Crippen molar-refractivity contribution in [2.24, 2.45) is 0 Å². The van der Waals surface area contributed by atoms with Crippen LogP contribution in [0.3, 0.4) is 0 Å². The molecule has 0 fully saturated rings. The fraction of sp³-hybridized carbons (Fsp3) is 0.294. The molecule has 2 aromatic rings. The molecular weight excluding hydrogens is 234 g/mol. The van der Waals surface area contributed by atoms with E-state index in [4.69, 9.17) is 4.74 Å². The van der Waals surface area contributed by atoms with Crippen molar-refractivity contribution in [2.45, 2.75) is 13.5 Å². The predicted octanol–water partition coefficient (Wildman–Crippen LogP) is 3.65. The van der Waals surface area contributed by atoms with Gasteiger partial charge >= 0.3 is 0 Å². The van der Waals surface area contributed by atoms with Gasteiger partial charge in [-0.1, -0.05) is 48.0 Å². The molecule has 0 aliphatic rings. The monoisotopic (exact) mass is 255 g/mol. The van der Waals surface area contributed by atoms with Crippen LogP contribution < -0.4 is 4.90 Å². The topological polar surface area (TPSA) is 12.5 Å². The predicted molar refractivity (Wildman–Crippen MR) is 80.5 cm³/mol. The van der Waals surface area contributed by atoms with E-state index < -0.39 is 0 Å². The first-order valence-electron chi connectivity index (χ1n) is 6.65. The van der Waals surface area contributed by atoms with Crippen LogP contribution in [-0.4, -0.2) is 20.2 Å². The number of rotatable bonds is 6. The first-order valence-corrected chi connectivity index (χ1v) is 6.65. The summed E-state index contributed by atoms with van der Waals surface area (Å²) in [5.41, 5.74) is 3.74. The van der Waals surface area contributed by atoms with E-state index in [0.29, 0.717) is 6.61 Å². The highest BCUT2D eigenvalue weighted by Crippen LogP contribution is 2.12. The van der Waals surface area contributed by atoms with Gasteiger partial charge in [-0.25, -0.2) is 0 Å². The van der Waals surface area contributed by atoms with Gasteiger partial charge < -0.3 is 9.64 Å². The molecular formula is C17H21NO. The molecule has 0 aliphatic heterocycles. The van der Waals surface area contributed by atoms with E-state index in [0.717, 1.165) is 13.2 Å². The molecule has 0 amide bonds. The van der Waals surface area contributed by atoms with Crippen LogP contribution in [0.5, 0.6) is 0 Å². The maximum absolute atomic E-state index is 5.69. The van der Waals surface area contributed by atoms with Crippen LogP contribution in [0.25, 0.3) is 0 Å². The Kier molecular flexibility index (Phi) is 4.99. The number of nitrogens with zero attached hydrogens (tertiary/aromatic N) is 1. The molecule has 0 unspecified atom stereocenters. The van der Waals surface area contributed by atoms with Gasteiger partial charge in [0.15, 0.2) is 0 Å². The quantitative estimate of drug-likeness (QED) is 0.731. The van der Waals surface area contributed by atoms with E-state index in [1.807, 2.05) is 18.2 Å². The van der Waals surface area contributed by atoms with E-state index in [1.165, 1.54) is 16.8 Å². The van der Waals surface area contributed by atoms with Crippen LogP contribution in [0.2, 0.25) is 0 Å². The standard InChI is InChI=1S/C17H21NO/c1-15-8-10-17(11-9-15)18(2)12-13-19-14-16-6-4-3-5-7-16/h3-11H,12-14H2,1-2H3. The lowest BCUT2D eigenvalue weighted by atomic mass is 10.2. The molecule has 2 rings (SSSR count). The molecule has 2 heteroatoms. The average molecular weight is 255 g/mol. The third kappa shape index (κ3) is 4.42. The minimum atomic E-state index is 0.683. The van der Waals surface area contributed by atoms with Crippen molar-refractivity contribution >= 4 is 5.69 Å². The largest absolute Gasteiger partial charge is 0.375 e. The van der Waals surface area contributed by atoms with E-state index in [-0.39, 0.29) is 0 Å². The number of hydrogen-bond acceptors (Lipinski definition) is 2.